The van der Waals surface area contributed by atoms with Gasteiger partial charge in [0, 0.05) is 24.2 Å². The molecule has 6 nitrogen and oxygen atoms in total. The van der Waals surface area contributed by atoms with Crippen LogP contribution in [0.2, 0.25) is 0 Å². The Morgan fingerprint density at radius 3 is 3.05 bits per heavy atom. The number of rotatable bonds is 2. The molecule has 118 valence electrons. The van der Waals surface area contributed by atoms with Gasteiger partial charge in [-0.05, 0) is 44.4 Å². The third kappa shape index (κ3) is 2.78. The molecule has 2 aliphatic heterocycles. The van der Waals surface area contributed by atoms with Crippen molar-refractivity contribution in [1.29, 1.82) is 0 Å². The van der Waals surface area contributed by atoms with Gasteiger partial charge in [-0.25, -0.2) is 0 Å². The minimum absolute atomic E-state index is 0.0170. The number of carbonyl (C=O) groups excluding carboxylic acids is 2. The molecule has 0 aliphatic carbocycles. The first-order valence-corrected chi connectivity index (χ1v) is 7.69. The molecule has 0 aromatic heterocycles. The summed E-state index contributed by atoms with van der Waals surface area (Å²) in [5, 5.41) is 2.72. The third-order valence-electron chi connectivity index (χ3n) is 4.28. The lowest BCUT2D eigenvalue weighted by atomic mass is 9.96. The number of anilines is 1. The van der Waals surface area contributed by atoms with Crippen molar-refractivity contribution < 1.29 is 14.3 Å². The normalized spacial score (nSPS) is 22.4. The molecule has 2 aliphatic rings. The van der Waals surface area contributed by atoms with Gasteiger partial charge in [0.25, 0.3) is 11.8 Å². The minimum Gasteiger partial charge on any atom is -0.482 e. The maximum Gasteiger partial charge on any atom is 0.262 e. The second-order valence-corrected chi connectivity index (χ2v) is 5.97. The van der Waals surface area contributed by atoms with Gasteiger partial charge in [-0.15, -0.1) is 0 Å². The van der Waals surface area contributed by atoms with E-state index in [9.17, 15) is 9.59 Å². The molecule has 2 amide bonds. The van der Waals surface area contributed by atoms with E-state index >= 15 is 0 Å². The van der Waals surface area contributed by atoms with Crippen molar-refractivity contribution in [2.75, 3.05) is 18.5 Å². The number of benzene rings is 1. The average molecular weight is 303 g/mol. The van der Waals surface area contributed by atoms with E-state index in [1.807, 2.05) is 11.8 Å². The third-order valence-corrected chi connectivity index (χ3v) is 4.28. The number of amides is 2. The van der Waals surface area contributed by atoms with E-state index in [4.69, 9.17) is 10.5 Å². The van der Waals surface area contributed by atoms with Crippen molar-refractivity contribution in [2.24, 2.45) is 5.73 Å². The zero-order chi connectivity index (χ0) is 15.7. The number of hydrogen-bond acceptors (Lipinski definition) is 4. The molecule has 0 saturated carbocycles. The number of nitrogens with two attached hydrogens (primary N) is 1. The Balaban J connectivity index is 1.84. The highest BCUT2D eigenvalue weighted by molar-refractivity contribution is 5.99. The summed E-state index contributed by atoms with van der Waals surface area (Å²) in [6.45, 7) is 2.66. The fourth-order valence-corrected chi connectivity index (χ4v) is 3.13. The first kappa shape index (κ1) is 14.8. The van der Waals surface area contributed by atoms with E-state index in [-0.39, 0.29) is 30.5 Å². The molecule has 1 fully saturated rings. The zero-order valence-electron chi connectivity index (χ0n) is 12.7. The highest BCUT2D eigenvalue weighted by Gasteiger charge is 2.30. The van der Waals surface area contributed by atoms with Gasteiger partial charge in [0.1, 0.15) is 5.75 Å². The quantitative estimate of drug-likeness (QED) is 0.864. The number of hydrogen-bond donors (Lipinski definition) is 2. The van der Waals surface area contributed by atoms with E-state index in [0.717, 1.165) is 25.8 Å². The Morgan fingerprint density at radius 2 is 2.27 bits per heavy atom. The van der Waals surface area contributed by atoms with Gasteiger partial charge in [-0.2, -0.15) is 0 Å². The number of nitrogens with one attached hydrogen (secondary N) is 1. The Kier molecular flexibility index (Phi) is 4.02. The summed E-state index contributed by atoms with van der Waals surface area (Å²) in [5.41, 5.74) is 7.21. The van der Waals surface area contributed by atoms with Gasteiger partial charge in [0.15, 0.2) is 6.61 Å². The summed E-state index contributed by atoms with van der Waals surface area (Å²) in [4.78, 5) is 25.9. The van der Waals surface area contributed by atoms with Crippen molar-refractivity contribution in [2.45, 2.75) is 38.3 Å². The minimum atomic E-state index is -0.181. The predicted molar refractivity (Wildman–Crippen MR) is 82.9 cm³/mol. The van der Waals surface area contributed by atoms with Crippen LogP contribution >= 0.6 is 0 Å². The van der Waals surface area contributed by atoms with Crippen LogP contribution in [-0.4, -0.2) is 41.9 Å². The van der Waals surface area contributed by atoms with E-state index in [1.165, 1.54) is 0 Å². The molecule has 3 rings (SSSR count). The highest BCUT2D eigenvalue weighted by atomic mass is 16.5. The summed E-state index contributed by atoms with van der Waals surface area (Å²) >= 11 is 0. The maximum absolute atomic E-state index is 12.8. The van der Waals surface area contributed by atoms with Crippen LogP contribution in [0, 0.1) is 0 Å². The lowest BCUT2D eigenvalue weighted by molar-refractivity contribution is -0.118. The predicted octanol–water partition coefficient (Wildman–Crippen LogP) is 1.36. The second kappa shape index (κ2) is 5.96. The molecule has 6 heteroatoms. The van der Waals surface area contributed by atoms with Crippen molar-refractivity contribution in [3.8, 4) is 5.75 Å². The monoisotopic (exact) mass is 303 g/mol. The standard InChI is InChI=1S/C16H21N3O3/c1-10(17)13-4-2-3-7-19(13)16(21)11-5-6-12-14(8-11)22-9-15(20)18-12/h5-6,8,10,13H,2-4,7,9,17H2,1H3,(H,18,20). The summed E-state index contributed by atoms with van der Waals surface area (Å²) < 4.78 is 5.38. The Bertz CT molecular complexity index is 600. The van der Waals surface area contributed by atoms with E-state index in [2.05, 4.69) is 5.32 Å². The van der Waals surface area contributed by atoms with E-state index in [0.29, 0.717) is 17.0 Å². The van der Waals surface area contributed by atoms with Gasteiger partial charge < -0.3 is 20.7 Å². The largest absolute Gasteiger partial charge is 0.482 e. The number of ether oxygens (including phenoxy) is 1. The van der Waals surface area contributed by atoms with Crippen molar-refractivity contribution in [3.63, 3.8) is 0 Å². The van der Waals surface area contributed by atoms with Gasteiger partial charge >= 0.3 is 0 Å². The lowest BCUT2D eigenvalue weighted by Gasteiger charge is -2.38. The van der Waals surface area contributed by atoms with Crippen LogP contribution in [-0.2, 0) is 4.79 Å². The smallest absolute Gasteiger partial charge is 0.262 e. The summed E-state index contributed by atoms with van der Waals surface area (Å²) in [7, 11) is 0. The molecule has 22 heavy (non-hydrogen) atoms. The molecule has 3 N–H and O–H groups in total. The zero-order valence-corrected chi connectivity index (χ0v) is 12.7. The summed E-state index contributed by atoms with van der Waals surface area (Å²) in [6.07, 6.45) is 3.06. The molecule has 2 heterocycles. The van der Waals surface area contributed by atoms with Crippen LogP contribution in [0.1, 0.15) is 36.5 Å². The van der Waals surface area contributed by atoms with E-state index < -0.39 is 0 Å². The molecule has 0 spiro atoms. The molecular formula is C16H21N3O3. The van der Waals surface area contributed by atoms with Crippen LogP contribution in [0.25, 0.3) is 0 Å². The van der Waals surface area contributed by atoms with Gasteiger partial charge in [0.05, 0.1) is 5.69 Å². The van der Waals surface area contributed by atoms with Crippen LogP contribution < -0.4 is 15.8 Å². The number of nitrogens with zero attached hydrogens (tertiary/aromatic N) is 1. The van der Waals surface area contributed by atoms with Crippen LogP contribution in [0.5, 0.6) is 5.75 Å². The Hall–Kier alpha value is -2.08. The fraction of sp³-hybridized carbons (Fsp3) is 0.500. The van der Waals surface area contributed by atoms with Crippen LogP contribution in [0.4, 0.5) is 5.69 Å². The maximum atomic E-state index is 12.8. The van der Waals surface area contributed by atoms with Crippen molar-refractivity contribution in [1.82, 2.24) is 4.90 Å². The fourth-order valence-electron chi connectivity index (χ4n) is 3.13. The molecule has 1 aromatic rings. The Labute approximate surface area is 129 Å². The van der Waals surface area contributed by atoms with Crippen molar-refractivity contribution >= 4 is 17.5 Å². The lowest BCUT2D eigenvalue weighted by Crippen LogP contribution is -2.51. The van der Waals surface area contributed by atoms with Gasteiger partial charge in [0.2, 0.25) is 0 Å². The SMILES string of the molecule is CC(N)C1CCCCN1C(=O)c1ccc2c(c1)OCC(=O)N2. The molecule has 1 saturated heterocycles. The molecule has 2 atom stereocenters. The molecule has 2 unspecified atom stereocenters. The van der Waals surface area contributed by atoms with Gasteiger partial charge in [-0.1, -0.05) is 0 Å². The second-order valence-electron chi connectivity index (χ2n) is 5.97. The molecule has 0 radical (unpaired) electrons. The summed E-state index contributed by atoms with van der Waals surface area (Å²) in [5.74, 6) is 0.338. The topological polar surface area (TPSA) is 84.7 Å². The van der Waals surface area contributed by atoms with Gasteiger partial charge in [-0.3, -0.25) is 9.59 Å². The molecule has 0 bridgehead atoms. The molecular weight excluding hydrogens is 282 g/mol. The molecule has 1 aromatic carbocycles. The van der Waals surface area contributed by atoms with Crippen molar-refractivity contribution in [3.05, 3.63) is 23.8 Å². The van der Waals surface area contributed by atoms with E-state index in [1.54, 1.807) is 18.2 Å². The summed E-state index contributed by atoms with van der Waals surface area (Å²) in [6, 6.07) is 5.17. The number of piperidine rings is 1. The first-order chi connectivity index (χ1) is 10.6. The average Bonchev–Trinajstić information content (AvgIpc) is 2.53. The first-order valence-electron chi connectivity index (χ1n) is 7.69. The highest BCUT2D eigenvalue weighted by Crippen LogP contribution is 2.30. The number of likely N-dealkylation sites (tertiary alicyclic amines) is 1. The van der Waals surface area contributed by atoms with Crippen LogP contribution in [0.3, 0.4) is 0 Å². The number of fused-ring (bicyclic) bond motifs is 1. The van der Waals surface area contributed by atoms with Crippen LogP contribution in [0.15, 0.2) is 18.2 Å². The number of carbonyl (C=O) groups is 2. The Morgan fingerprint density at radius 1 is 1.45 bits per heavy atom.